The number of benzene rings is 1. The van der Waals surface area contributed by atoms with Crippen LogP contribution in [-0.4, -0.2) is 45.0 Å². The maximum absolute atomic E-state index is 13.0. The Bertz CT molecular complexity index is 707. The van der Waals surface area contributed by atoms with Gasteiger partial charge in [-0.05, 0) is 54.2 Å². The lowest BCUT2D eigenvalue weighted by Gasteiger charge is -2.30. The van der Waals surface area contributed by atoms with Crippen molar-refractivity contribution in [2.75, 3.05) is 26.3 Å². The van der Waals surface area contributed by atoms with Crippen molar-refractivity contribution in [3.05, 3.63) is 22.7 Å². The molecule has 0 amide bonds. The molecule has 0 saturated carbocycles. The molecule has 0 aliphatic carbocycles. The molecule has 1 saturated heterocycles. The number of ether oxygens (including phenoxy) is 2. The predicted octanol–water partition coefficient (Wildman–Crippen LogP) is 3.20. The van der Waals surface area contributed by atoms with Crippen molar-refractivity contribution in [1.82, 2.24) is 4.31 Å². The SMILES string of the molecule is CCCOc1cc(S(=O)(=O)N2CCC[C@H](C(=O)OCC)C2)ccc1Br. The number of piperidine rings is 1. The van der Waals surface area contributed by atoms with Gasteiger partial charge in [0.25, 0.3) is 0 Å². The van der Waals surface area contributed by atoms with Crippen molar-refractivity contribution in [3.8, 4) is 5.75 Å². The molecule has 1 aliphatic heterocycles. The van der Waals surface area contributed by atoms with E-state index in [1.807, 2.05) is 6.92 Å². The summed E-state index contributed by atoms with van der Waals surface area (Å²) in [7, 11) is -3.68. The number of rotatable bonds is 7. The Kier molecular flexibility index (Phi) is 7.27. The molecule has 0 N–H and O–H groups in total. The molecule has 1 aromatic rings. The number of sulfonamides is 1. The van der Waals surface area contributed by atoms with E-state index in [9.17, 15) is 13.2 Å². The minimum atomic E-state index is -3.68. The van der Waals surface area contributed by atoms with Crippen molar-refractivity contribution < 1.29 is 22.7 Å². The summed E-state index contributed by atoms with van der Waals surface area (Å²) >= 11 is 3.37. The van der Waals surface area contributed by atoms with Gasteiger partial charge in [-0.25, -0.2) is 8.42 Å². The predicted molar refractivity (Wildman–Crippen MR) is 98.0 cm³/mol. The summed E-state index contributed by atoms with van der Waals surface area (Å²) in [5, 5.41) is 0. The van der Waals surface area contributed by atoms with Gasteiger partial charge < -0.3 is 9.47 Å². The van der Waals surface area contributed by atoms with Gasteiger partial charge in [0.05, 0.1) is 28.5 Å². The number of esters is 1. The van der Waals surface area contributed by atoms with E-state index in [4.69, 9.17) is 9.47 Å². The normalized spacial score (nSPS) is 18.8. The van der Waals surface area contributed by atoms with Crippen molar-refractivity contribution >= 4 is 31.9 Å². The zero-order valence-electron chi connectivity index (χ0n) is 14.5. The summed E-state index contributed by atoms with van der Waals surface area (Å²) in [4.78, 5) is 12.1. The van der Waals surface area contributed by atoms with Gasteiger partial charge in [0.15, 0.2) is 0 Å². The summed E-state index contributed by atoms with van der Waals surface area (Å²) in [6.45, 7) is 5.10. The molecule has 1 heterocycles. The lowest BCUT2D eigenvalue weighted by Crippen LogP contribution is -2.42. The molecule has 0 radical (unpaired) electrons. The van der Waals surface area contributed by atoms with E-state index in [0.29, 0.717) is 42.8 Å². The van der Waals surface area contributed by atoms with Gasteiger partial charge in [0, 0.05) is 19.2 Å². The van der Waals surface area contributed by atoms with Crippen LogP contribution in [0.5, 0.6) is 5.75 Å². The third-order valence-electron chi connectivity index (χ3n) is 4.01. The second-order valence-corrected chi connectivity index (χ2v) is 8.69. The van der Waals surface area contributed by atoms with Gasteiger partial charge in [0.1, 0.15) is 5.75 Å². The number of hydrogen-bond donors (Lipinski definition) is 0. The van der Waals surface area contributed by atoms with Crippen LogP contribution in [0.2, 0.25) is 0 Å². The Morgan fingerprint density at radius 2 is 2.12 bits per heavy atom. The lowest BCUT2D eigenvalue weighted by atomic mass is 10.0. The molecule has 2 rings (SSSR count). The summed E-state index contributed by atoms with van der Waals surface area (Å²) in [6.07, 6.45) is 2.12. The van der Waals surface area contributed by atoms with E-state index < -0.39 is 15.9 Å². The average molecular weight is 434 g/mol. The van der Waals surface area contributed by atoms with Gasteiger partial charge >= 0.3 is 5.97 Å². The quantitative estimate of drug-likeness (QED) is 0.617. The molecule has 0 bridgehead atoms. The molecule has 140 valence electrons. The number of halogens is 1. The fourth-order valence-electron chi connectivity index (χ4n) is 2.73. The maximum Gasteiger partial charge on any atom is 0.310 e. The summed E-state index contributed by atoms with van der Waals surface area (Å²) in [5.41, 5.74) is 0. The minimum Gasteiger partial charge on any atom is -0.492 e. The van der Waals surface area contributed by atoms with Gasteiger partial charge in [-0.1, -0.05) is 6.92 Å². The van der Waals surface area contributed by atoms with E-state index in [0.717, 1.165) is 6.42 Å². The van der Waals surface area contributed by atoms with E-state index >= 15 is 0 Å². The van der Waals surface area contributed by atoms with Gasteiger partial charge in [-0.15, -0.1) is 0 Å². The van der Waals surface area contributed by atoms with Crippen molar-refractivity contribution in [2.45, 2.75) is 38.0 Å². The van der Waals surface area contributed by atoms with Crippen LogP contribution in [0.3, 0.4) is 0 Å². The molecule has 6 nitrogen and oxygen atoms in total. The molecule has 1 fully saturated rings. The molecule has 0 spiro atoms. The summed E-state index contributed by atoms with van der Waals surface area (Å²) in [6, 6.07) is 4.75. The monoisotopic (exact) mass is 433 g/mol. The summed E-state index contributed by atoms with van der Waals surface area (Å²) < 4.78 is 38.6. The van der Waals surface area contributed by atoms with Crippen LogP contribution in [0.4, 0.5) is 0 Å². The van der Waals surface area contributed by atoms with Crippen LogP contribution >= 0.6 is 15.9 Å². The molecule has 0 unspecified atom stereocenters. The molecular weight excluding hydrogens is 410 g/mol. The highest BCUT2D eigenvalue weighted by Crippen LogP contribution is 2.31. The second-order valence-electron chi connectivity index (χ2n) is 5.89. The molecule has 1 atom stereocenters. The third kappa shape index (κ3) is 4.95. The van der Waals surface area contributed by atoms with Crippen molar-refractivity contribution in [3.63, 3.8) is 0 Å². The first-order chi connectivity index (χ1) is 11.9. The third-order valence-corrected chi connectivity index (χ3v) is 6.52. The van der Waals surface area contributed by atoms with E-state index in [1.165, 1.54) is 10.4 Å². The number of nitrogens with zero attached hydrogens (tertiary/aromatic N) is 1. The highest BCUT2D eigenvalue weighted by Gasteiger charge is 2.34. The van der Waals surface area contributed by atoms with Crippen LogP contribution in [0.25, 0.3) is 0 Å². The largest absolute Gasteiger partial charge is 0.492 e. The van der Waals surface area contributed by atoms with E-state index in [-0.39, 0.29) is 17.4 Å². The van der Waals surface area contributed by atoms with Gasteiger partial charge in [-0.3, -0.25) is 4.79 Å². The second kappa shape index (κ2) is 9.00. The zero-order chi connectivity index (χ0) is 18.4. The van der Waals surface area contributed by atoms with Crippen molar-refractivity contribution in [2.24, 2.45) is 5.92 Å². The average Bonchev–Trinajstić information content (AvgIpc) is 2.61. The summed E-state index contributed by atoms with van der Waals surface area (Å²) in [5.74, 6) is -0.234. The molecular formula is C17H24BrNO5S. The molecule has 0 aromatic heterocycles. The van der Waals surface area contributed by atoms with Crippen molar-refractivity contribution in [1.29, 1.82) is 0 Å². The maximum atomic E-state index is 13.0. The first kappa shape index (κ1) is 20.2. The highest BCUT2D eigenvalue weighted by molar-refractivity contribution is 9.10. The molecule has 8 heteroatoms. The Morgan fingerprint density at radius 1 is 1.36 bits per heavy atom. The van der Waals surface area contributed by atoms with Gasteiger partial charge in [0.2, 0.25) is 10.0 Å². The Labute approximate surface area is 157 Å². The number of carbonyl (C=O) groups is 1. The van der Waals surface area contributed by atoms with Crippen LogP contribution in [-0.2, 0) is 19.6 Å². The number of hydrogen-bond acceptors (Lipinski definition) is 5. The standard InChI is InChI=1S/C17H24BrNO5S/c1-3-10-24-16-11-14(7-8-15(16)18)25(21,22)19-9-5-6-13(12-19)17(20)23-4-2/h7-8,11,13H,3-6,9-10,12H2,1-2H3/t13-/m0/s1. The molecule has 25 heavy (non-hydrogen) atoms. The zero-order valence-corrected chi connectivity index (χ0v) is 16.9. The van der Waals surface area contributed by atoms with E-state index in [1.54, 1.807) is 19.1 Å². The lowest BCUT2D eigenvalue weighted by molar-refractivity contribution is -0.149. The van der Waals surface area contributed by atoms with Crippen LogP contribution in [0.1, 0.15) is 33.1 Å². The van der Waals surface area contributed by atoms with Gasteiger partial charge in [-0.2, -0.15) is 4.31 Å². The van der Waals surface area contributed by atoms with Crippen LogP contribution in [0.15, 0.2) is 27.6 Å². The minimum absolute atomic E-state index is 0.155. The number of carbonyl (C=O) groups excluding carboxylic acids is 1. The Balaban J connectivity index is 2.21. The Hall–Kier alpha value is -1.12. The smallest absolute Gasteiger partial charge is 0.310 e. The first-order valence-electron chi connectivity index (χ1n) is 8.49. The van der Waals surface area contributed by atoms with E-state index in [2.05, 4.69) is 15.9 Å². The first-order valence-corrected chi connectivity index (χ1v) is 10.7. The molecule has 1 aromatic carbocycles. The fourth-order valence-corrected chi connectivity index (χ4v) is 4.63. The molecule has 1 aliphatic rings. The van der Waals surface area contributed by atoms with Crippen LogP contribution < -0.4 is 4.74 Å². The van der Waals surface area contributed by atoms with Crippen LogP contribution in [0, 0.1) is 5.92 Å². The fraction of sp³-hybridized carbons (Fsp3) is 0.588. The topological polar surface area (TPSA) is 72.9 Å². The Morgan fingerprint density at radius 3 is 2.80 bits per heavy atom. The highest BCUT2D eigenvalue weighted by atomic mass is 79.9.